The standard InChI is InChI=1S/C28H29F4N5O2S/c1-18-8-9-37(17-18)27-34-26(28(30,31)32)25(40-27)22(38)14-19-6-7-23(33-16-19)35-10-12-36(13-11-35)24(39)15-20-4-2-3-5-21(20)29/h2-7,16,18H,8-15,17H2,1H3. The van der Waals surface area contributed by atoms with E-state index in [1.165, 1.54) is 12.3 Å². The molecule has 0 radical (unpaired) electrons. The minimum absolute atomic E-state index is 0.00209. The molecule has 2 aliphatic heterocycles. The van der Waals surface area contributed by atoms with E-state index in [0.29, 0.717) is 62.1 Å². The van der Waals surface area contributed by atoms with E-state index in [2.05, 4.69) is 9.97 Å². The van der Waals surface area contributed by atoms with E-state index in [1.54, 1.807) is 35.2 Å². The lowest BCUT2D eigenvalue weighted by Gasteiger charge is -2.35. The molecule has 2 aliphatic rings. The second-order valence-corrected chi connectivity index (χ2v) is 11.2. The lowest BCUT2D eigenvalue weighted by molar-refractivity contribution is -0.141. The Morgan fingerprint density at radius 3 is 2.38 bits per heavy atom. The van der Waals surface area contributed by atoms with Gasteiger partial charge in [0, 0.05) is 51.9 Å². The molecule has 3 aromatic rings. The van der Waals surface area contributed by atoms with Crippen molar-refractivity contribution in [3.8, 4) is 0 Å². The van der Waals surface area contributed by atoms with Crippen molar-refractivity contribution < 1.29 is 27.2 Å². The molecule has 1 atom stereocenters. The number of aromatic nitrogens is 2. The molecular formula is C28H29F4N5O2S. The van der Waals surface area contributed by atoms with Crippen molar-refractivity contribution in [2.75, 3.05) is 49.1 Å². The zero-order valence-electron chi connectivity index (χ0n) is 22.0. The van der Waals surface area contributed by atoms with Gasteiger partial charge in [0.15, 0.2) is 16.6 Å². The van der Waals surface area contributed by atoms with Gasteiger partial charge in [0.1, 0.15) is 16.5 Å². The van der Waals surface area contributed by atoms with Crippen LogP contribution in [-0.4, -0.2) is 65.8 Å². The summed E-state index contributed by atoms with van der Waals surface area (Å²) in [7, 11) is 0. The Kier molecular flexibility index (Phi) is 8.07. The Labute approximate surface area is 233 Å². The van der Waals surface area contributed by atoms with E-state index in [1.807, 2.05) is 16.7 Å². The van der Waals surface area contributed by atoms with E-state index in [0.717, 1.165) is 17.8 Å². The van der Waals surface area contributed by atoms with Gasteiger partial charge in [-0.3, -0.25) is 9.59 Å². The summed E-state index contributed by atoms with van der Waals surface area (Å²) in [6.07, 6.45) is -2.55. The maximum atomic E-state index is 13.9. The van der Waals surface area contributed by atoms with Gasteiger partial charge >= 0.3 is 6.18 Å². The summed E-state index contributed by atoms with van der Waals surface area (Å²) in [6, 6.07) is 9.64. The summed E-state index contributed by atoms with van der Waals surface area (Å²) in [4.78, 5) is 38.9. The highest BCUT2D eigenvalue weighted by Crippen LogP contribution is 2.39. The second kappa shape index (κ2) is 11.5. The fourth-order valence-electron chi connectivity index (χ4n) is 5.01. The van der Waals surface area contributed by atoms with E-state index < -0.39 is 23.5 Å². The van der Waals surface area contributed by atoms with Gasteiger partial charge in [-0.1, -0.05) is 42.5 Å². The maximum absolute atomic E-state index is 13.9. The Hall–Kier alpha value is -3.54. The highest BCUT2D eigenvalue weighted by atomic mass is 32.1. The summed E-state index contributed by atoms with van der Waals surface area (Å²) in [5.41, 5.74) is -0.251. The highest BCUT2D eigenvalue weighted by molar-refractivity contribution is 7.17. The van der Waals surface area contributed by atoms with Crippen LogP contribution in [0, 0.1) is 11.7 Å². The Balaban J connectivity index is 1.19. The summed E-state index contributed by atoms with van der Waals surface area (Å²) < 4.78 is 55.0. The summed E-state index contributed by atoms with van der Waals surface area (Å²) >= 11 is 0.806. The van der Waals surface area contributed by atoms with Crippen LogP contribution >= 0.6 is 11.3 Å². The highest BCUT2D eigenvalue weighted by Gasteiger charge is 2.40. The van der Waals surface area contributed by atoms with E-state index >= 15 is 0 Å². The van der Waals surface area contributed by atoms with Crippen molar-refractivity contribution in [3.63, 3.8) is 0 Å². The van der Waals surface area contributed by atoms with Crippen molar-refractivity contribution >= 4 is 34.0 Å². The Morgan fingerprint density at radius 1 is 1.00 bits per heavy atom. The molecule has 0 bridgehead atoms. The molecule has 2 aromatic heterocycles. The van der Waals surface area contributed by atoms with E-state index in [-0.39, 0.29) is 28.8 Å². The molecule has 2 fully saturated rings. The van der Waals surface area contributed by atoms with Crippen molar-refractivity contribution in [1.29, 1.82) is 0 Å². The number of thiazole rings is 1. The molecule has 1 aromatic carbocycles. The van der Waals surface area contributed by atoms with Gasteiger partial charge in [-0.25, -0.2) is 14.4 Å². The molecule has 1 amide bonds. The van der Waals surface area contributed by atoms with Crippen LogP contribution in [0.2, 0.25) is 0 Å². The third kappa shape index (κ3) is 6.27. The molecule has 5 rings (SSSR count). The van der Waals surface area contributed by atoms with Gasteiger partial charge in [0.25, 0.3) is 0 Å². The number of benzene rings is 1. The fourth-order valence-corrected chi connectivity index (χ4v) is 6.07. The van der Waals surface area contributed by atoms with Crippen LogP contribution in [0.25, 0.3) is 0 Å². The molecule has 0 spiro atoms. The Morgan fingerprint density at radius 2 is 1.75 bits per heavy atom. The number of anilines is 2. The predicted molar refractivity (Wildman–Crippen MR) is 144 cm³/mol. The molecule has 0 N–H and O–H groups in total. The first-order valence-electron chi connectivity index (χ1n) is 13.2. The summed E-state index contributed by atoms with van der Waals surface area (Å²) in [6.45, 7) is 5.26. The van der Waals surface area contributed by atoms with Crippen LogP contribution in [0.1, 0.15) is 39.8 Å². The van der Waals surface area contributed by atoms with Crippen LogP contribution in [0.3, 0.4) is 0 Å². The average Bonchev–Trinajstić information content (AvgIpc) is 3.57. The number of nitrogens with zero attached hydrogens (tertiary/aromatic N) is 5. The summed E-state index contributed by atoms with van der Waals surface area (Å²) in [5.74, 6) is -0.167. The molecule has 0 aliphatic carbocycles. The van der Waals surface area contributed by atoms with Gasteiger partial charge in [0.05, 0.1) is 6.42 Å². The molecule has 40 heavy (non-hydrogen) atoms. The lowest BCUT2D eigenvalue weighted by Crippen LogP contribution is -2.49. The van der Waals surface area contributed by atoms with E-state index in [9.17, 15) is 27.2 Å². The molecule has 12 heteroatoms. The number of rotatable bonds is 7. The van der Waals surface area contributed by atoms with Crippen molar-refractivity contribution in [1.82, 2.24) is 14.9 Å². The monoisotopic (exact) mass is 575 g/mol. The summed E-state index contributed by atoms with van der Waals surface area (Å²) in [5, 5.41) is 0.236. The van der Waals surface area contributed by atoms with Crippen LogP contribution in [-0.2, 0) is 23.8 Å². The number of hydrogen-bond donors (Lipinski definition) is 0. The number of ketones is 1. The smallest absolute Gasteiger partial charge is 0.353 e. The number of amides is 1. The molecule has 7 nitrogen and oxygen atoms in total. The third-order valence-corrected chi connectivity index (χ3v) is 8.42. The fraction of sp³-hybridized carbons (Fsp3) is 0.429. The lowest BCUT2D eigenvalue weighted by atomic mass is 10.1. The first-order valence-corrected chi connectivity index (χ1v) is 14.0. The van der Waals surface area contributed by atoms with Crippen LogP contribution in [0.4, 0.5) is 28.5 Å². The molecule has 1 unspecified atom stereocenters. The average molecular weight is 576 g/mol. The van der Waals surface area contributed by atoms with Gasteiger partial charge in [-0.05, 0) is 35.6 Å². The number of hydrogen-bond acceptors (Lipinski definition) is 7. The SMILES string of the molecule is CC1CCN(c2nc(C(F)(F)F)c(C(=O)Cc3ccc(N4CCN(C(=O)Cc5ccccc5F)CC4)nc3)s2)C1. The second-order valence-electron chi connectivity index (χ2n) is 10.3. The van der Waals surface area contributed by atoms with Crippen LogP contribution in [0.15, 0.2) is 42.6 Å². The van der Waals surface area contributed by atoms with Crippen LogP contribution < -0.4 is 9.80 Å². The first kappa shape index (κ1) is 28.0. The minimum atomic E-state index is -4.72. The zero-order valence-corrected chi connectivity index (χ0v) is 22.8. The number of carbonyl (C=O) groups is 2. The first-order chi connectivity index (χ1) is 19.1. The van der Waals surface area contributed by atoms with Crippen molar-refractivity contribution in [2.45, 2.75) is 32.4 Å². The third-order valence-electron chi connectivity index (χ3n) is 7.26. The number of pyridine rings is 1. The number of carbonyl (C=O) groups excluding carboxylic acids is 2. The zero-order chi connectivity index (χ0) is 28.4. The molecule has 212 valence electrons. The van der Waals surface area contributed by atoms with Gasteiger partial charge < -0.3 is 14.7 Å². The molecule has 4 heterocycles. The molecular weight excluding hydrogens is 546 g/mol. The molecule has 0 saturated carbocycles. The van der Waals surface area contributed by atoms with Gasteiger partial charge in [0.2, 0.25) is 5.91 Å². The number of halogens is 4. The maximum Gasteiger partial charge on any atom is 0.435 e. The number of alkyl halides is 3. The predicted octanol–water partition coefficient (Wildman–Crippen LogP) is 4.86. The number of Topliss-reactive ketones (excluding diaryl/α,β-unsaturated/α-hetero) is 1. The van der Waals surface area contributed by atoms with Gasteiger partial charge in [-0.2, -0.15) is 13.2 Å². The van der Waals surface area contributed by atoms with Crippen LogP contribution in [0.5, 0.6) is 0 Å². The number of piperazine rings is 1. The van der Waals surface area contributed by atoms with Crippen molar-refractivity contribution in [2.24, 2.45) is 5.92 Å². The quantitative estimate of drug-likeness (QED) is 0.296. The topological polar surface area (TPSA) is 69.6 Å². The van der Waals surface area contributed by atoms with Gasteiger partial charge in [-0.15, -0.1) is 0 Å². The van der Waals surface area contributed by atoms with Crippen molar-refractivity contribution in [3.05, 3.63) is 70.1 Å². The largest absolute Gasteiger partial charge is 0.435 e. The Bertz CT molecular complexity index is 1370. The van der Waals surface area contributed by atoms with E-state index in [4.69, 9.17) is 0 Å². The molecule has 2 saturated heterocycles. The minimum Gasteiger partial charge on any atom is -0.353 e. The normalized spacial score (nSPS) is 17.9.